The second kappa shape index (κ2) is 11.5. The molecule has 0 unspecified atom stereocenters. The lowest BCUT2D eigenvalue weighted by Crippen LogP contribution is -1.98. The Labute approximate surface area is 226 Å². The van der Waals surface area contributed by atoms with Crippen LogP contribution in [0.4, 0.5) is 5.13 Å². The SMILES string of the molecule is CCCNc1ncc(-c2cc(-c3ccc(OCc4ccccc4)cc3Cl)nc(-c3ccccc3C)n2)s1. The summed E-state index contributed by atoms with van der Waals surface area (Å²) in [4.78, 5) is 15.4. The molecular formula is C30H27ClN4OS. The topological polar surface area (TPSA) is 59.9 Å². The van der Waals surface area contributed by atoms with E-state index in [2.05, 4.69) is 30.2 Å². The third kappa shape index (κ3) is 5.98. The Bertz CT molecular complexity index is 1500. The largest absolute Gasteiger partial charge is 0.489 e. The van der Waals surface area contributed by atoms with Crippen molar-refractivity contribution in [1.82, 2.24) is 15.0 Å². The lowest BCUT2D eigenvalue weighted by molar-refractivity contribution is 0.306. The first-order valence-corrected chi connectivity index (χ1v) is 13.4. The first-order valence-electron chi connectivity index (χ1n) is 12.2. The number of nitrogens with zero attached hydrogens (tertiary/aromatic N) is 3. The van der Waals surface area contributed by atoms with E-state index < -0.39 is 0 Å². The molecule has 0 spiro atoms. The molecule has 1 N–H and O–H groups in total. The van der Waals surface area contributed by atoms with E-state index in [1.54, 1.807) is 11.3 Å². The van der Waals surface area contributed by atoms with E-state index in [9.17, 15) is 0 Å². The molecule has 2 heterocycles. The maximum absolute atomic E-state index is 6.77. The number of benzene rings is 3. The molecule has 186 valence electrons. The van der Waals surface area contributed by atoms with E-state index in [0.717, 1.165) is 56.6 Å². The van der Waals surface area contributed by atoms with Crippen molar-refractivity contribution in [2.24, 2.45) is 0 Å². The second-order valence-corrected chi connectivity index (χ2v) is 10.1. The zero-order chi connectivity index (χ0) is 25.6. The van der Waals surface area contributed by atoms with E-state index in [1.165, 1.54) is 0 Å². The average molecular weight is 527 g/mol. The molecule has 0 amide bonds. The molecule has 2 aromatic heterocycles. The molecule has 0 saturated carbocycles. The number of aromatic nitrogens is 3. The van der Waals surface area contributed by atoms with Crippen LogP contribution in [-0.4, -0.2) is 21.5 Å². The summed E-state index contributed by atoms with van der Waals surface area (Å²) in [6, 6.07) is 25.9. The molecule has 0 aliphatic carbocycles. The average Bonchev–Trinajstić information content (AvgIpc) is 3.40. The summed E-state index contributed by atoms with van der Waals surface area (Å²) in [6.45, 7) is 5.56. The number of aryl methyl sites for hydroxylation is 1. The Kier molecular flexibility index (Phi) is 7.78. The standard InChI is InChI=1S/C30H27ClN4OS/c1-3-15-32-30-33-18-28(37-30)27-17-26(34-29(35-27)23-12-8-7-9-20(23)2)24-14-13-22(16-25(24)31)36-19-21-10-5-4-6-11-21/h4-14,16-18H,3,15,19H2,1-2H3,(H,32,33). The lowest BCUT2D eigenvalue weighted by Gasteiger charge is -2.12. The summed E-state index contributed by atoms with van der Waals surface area (Å²) < 4.78 is 5.97. The zero-order valence-corrected chi connectivity index (χ0v) is 22.3. The highest BCUT2D eigenvalue weighted by Crippen LogP contribution is 2.36. The fourth-order valence-corrected chi connectivity index (χ4v) is 4.97. The fraction of sp³-hybridized carbons (Fsp3) is 0.167. The number of thiazole rings is 1. The highest BCUT2D eigenvalue weighted by Gasteiger charge is 2.16. The molecule has 0 fully saturated rings. The molecule has 0 aliphatic heterocycles. The first kappa shape index (κ1) is 24.9. The minimum atomic E-state index is 0.478. The summed E-state index contributed by atoms with van der Waals surface area (Å²) in [5, 5.41) is 4.81. The van der Waals surface area contributed by atoms with E-state index in [4.69, 9.17) is 26.3 Å². The van der Waals surface area contributed by atoms with Crippen molar-refractivity contribution in [2.45, 2.75) is 26.9 Å². The Balaban J connectivity index is 1.51. The predicted molar refractivity (Wildman–Crippen MR) is 153 cm³/mol. The van der Waals surface area contributed by atoms with Gasteiger partial charge in [0.25, 0.3) is 0 Å². The summed E-state index contributed by atoms with van der Waals surface area (Å²) >= 11 is 8.36. The van der Waals surface area contributed by atoms with Gasteiger partial charge in [0.05, 0.1) is 21.3 Å². The highest BCUT2D eigenvalue weighted by molar-refractivity contribution is 7.18. The maximum atomic E-state index is 6.77. The Morgan fingerprint density at radius 2 is 1.68 bits per heavy atom. The van der Waals surface area contributed by atoms with Crippen LogP contribution in [0.3, 0.4) is 0 Å². The van der Waals surface area contributed by atoms with Gasteiger partial charge in [0, 0.05) is 23.9 Å². The van der Waals surface area contributed by atoms with Gasteiger partial charge < -0.3 is 10.1 Å². The highest BCUT2D eigenvalue weighted by atomic mass is 35.5. The number of hydrogen-bond donors (Lipinski definition) is 1. The third-order valence-corrected chi connectivity index (χ3v) is 7.15. The molecule has 0 radical (unpaired) electrons. The predicted octanol–water partition coefficient (Wildman–Crippen LogP) is 8.30. The number of rotatable bonds is 9. The maximum Gasteiger partial charge on any atom is 0.183 e. The lowest BCUT2D eigenvalue weighted by atomic mass is 10.1. The van der Waals surface area contributed by atoms with Gasteiger partial charge in [-0.1, -0.05) is 84.5 Å². The number of hydrogen-bond acceptors (Lipinski definition) is 6. The van der Waals surface area contributed by atoms with E-state index >= 15 is 0 Å². The molecule has 0 saturated heterocycles. The smallest absolute Gasteiger partial charge is 0.183 e. The van der Waals surface area contributed by atoms with E-state index in [1.807, 2.05) is 79.0 Å². The van der Waals surface area contributed by atoms with Gasteiger partial charge in [-0.3, -0.25) is 0 Å². The summed E-state index contributed by atoms with van der Waals surface area (Å²) in [7, 11) is 0. The molecular weight excluding hydrogens is 500 g/mol. The number of nitrogens with one attached hydrogen (secondary N) is 1. The van der Waals surface area contributed by atoms with Gasteiger partial charge in [-0.2, -0.15) is 0 Å². The number of ether oxygens (including phenoxy) is 1. The van der Waals surface area contributed by atoms with Crippen LogP contribution in [0.25, 0.3) is 33.2 Å². The van der Waals surface area contributed by atoms with Crippen molar-refractivity contribution in [3.05, 3.63) is 101 Å². The minimum Gasteiger partial charge on any atom is -0.489 e. The zero-order valence-electron chi connectivity index (χ0n) is 20.7. The van der Waals surface area contributed by atoms with Crippen molar-refractivity contribution < 1.29 is 4.74 Å². The second-order valence-electron chi connectivity index (χ2n) is 8.65. The normalized spacial score (nSPS) is 10.9. The van der Waals surface area contributed by atoms with Crippen LogP contribution in [-0.2, 0) is 6.61 Å². The Morgan fingerprint density at radius 1 is 0.892 bits per heavy atom. The van der Waals surface area contributed by atoms with Crippen molar-refractivity contribution >= 4 is 28.1 Å². The van der Waals surface area contributed by atoms with Crippen molar-refractivity contribution in [3.8, 4) is 39.0 Å². The Morgan fingerprint density at radius 3 is 2.46 bits per heavy atom. The molecule has 3 aromatic carbocycles. The molecule has 37 heavy (non-hydrogen) atoms. The molecule has 5 aromatic rings. The summed E-state index contributed by atoms with van der Waals surface area (Å²) in [6.07, 6.45) is 2.89. The molecule has 0 atom stereocenters. The molecule has 5 rings (SSSR count). The van der Waals surface area contributed by atoms with E-state index in [-0.39, 0.29) is 0 Å². The molecule has 0 aliphatic rings. The minimum absolute atomic E-state index is 0.478. The van der Waals surface area contributed by atoms with Gasteiger partial charge in [0.1, 0.15) is 12.4 Å². The quantitative estimate of drug-likeness (QED) is 0.209. The fourth-order valence-electron chi connectivity index (χ4n) is 3.90. The number of anilines is 1. The van der Waals surface area contributed by atoms with Crippen LogP contribution in [0.1, 0.15) is 24.5 Å². The first-order chi connectivity index (χ1) is 18.1. The summed E-state index contributed by atoms with van der Waals surface area (Å²) in [5.41, 5.74) is 5.57. The van der Waals surface area contributed by atoms with Crippen molar-refractivity contribution in [1.29, 1.82) is 0 Å². The van der Waals surface area contributed by atoms with Crippen molar-refractivity contribution in [2.75, 3.05) is 11.9 Å². The van der Waals surface area contributed by atoms with Crippen LogP contribution in [0, 0.1) is 6.92 Å². The molecule has 0 bridgehead atoms. The van der Waals surface area contributed by atoms with Gasteiger partial charge in [-0.05, 0) is 48.7 Å². The van der Waals surface area contributed by atoms with Crippen LogP contribution >= 0.6 is 22.9 Å². The van der Waals surface area contributed by atoms with Gasteiger partial charge in [-0.25, -0.2) is 15.0 Å². The number of halogens is 1. The monoisotopic (exact) mass is 526 g/mol. The van der Waals surface area contributed by atoms with Gasteiger partial charge >= 0.3 is 0 Å². The van der Waals surface area contributed by atoms with Gasteiger partial charge in [0.2, 0.25) is 0 Å². The molecule has 5 nitrogen and oxygen atoms in total. The van der Waals surface area contributed by atoms with Gasteiger partial charge in [-0.15, -0.1) is 0 Å². The van der Waals surface area contributed by atoms with Crippen LogP contribution in [0.15, 0.2) is 85.1 Å². The van der Waals surface area contributed by atoms with Crippen molar-refractivity contribution in [3.63, 3.8) is 0 Å². The summed E-state index contributed by atoms with van der Waals surface area (Å²) in [5.74, 6) is 1.36. The third-order valence-electron chi connectivity index (χ3n) is 5.86. The van der Waals surface area contributed by atoms with Gasteiger partial charge in [0.15, 0.2) is 11.0 Å². The van der Waals surface area contributed by atoms with Crippen LogP contribution in [0.5, 0.6) is 5.75 Å². The van der Waals surface area contributed by atoms with Crippen LogP contribution < -0.4 is 10.1 Å². The Hall–Kier alpha value is -3.74. The van der Waals surface area contributed by atoms with E-state index in [0.29, 0.717) is 23.2 Å². The van der Waals surface area contributed by atoms with Crippen LogP contribution in [0.2, 0.25) is 5.02 Å². The molecule has 7 heteroatoms.